The molecular weight excluding hydrogens is 146 g/mol. The van der Waals surface area contributed by atoms with Crippen molar-refractivity contribution in [3.05, 3.63) is 42.1 Å². The zero-order valence-corrected chi connectivity index (χ0v) is 7.04. The summed E-state index contributed by atoms with van der Waals surface area (Å²) in [6.45, 7) is 2.03. The van der Waals surface area contributed by atoms with E-state index in [0.29, 0.717) is 0 Å². The van der Waals surface area contributed by atoms with Gasteiger partial charge in [0.25, 0.3) is 0 Å². The van der Waals surface area contributed by atoms with Crippen molar-refractivity contribution in [1.29, 1.82) is 0 Å². The van der Waals surface area contributed by atoms with Gasteiger partial charge >= 0.3 is 0 Å². The third-order valence-electron chi connectivity index (χ3n) is 1.94. The van der Waals surface area contributed by atoms with Crippen LogP contribution < -0.4 is 0 Å². The summed E-state index contributed by atoms with van der Waals surface area (Å²) in [7, 11) is 0. The standard InChI is InChI=1S/C11H11N/c1-2-3-9-4-5-10-6-7-12-11(10)8-9/h2-8,12H,1H3. The van der Waals surface area contributed by atoms with Crippen molar-refractivity contribution in [2.24, 2.45) is 0 Å². The Bertz CT molecular complexity index is 410. The van der Waals surface area contributed by atoms with E-state index in [4.69, 9.17) is 0 Å². The lowest BCUT2D eigenvalue weighted by Gasteiger charge is -1.92. The van der Waals surface area contributed by atoms with E-state index >= 15 is 0 Å². The van der Waals surface area contributed by atoms with E-state index in [9.17, 15) is 0 Å². The van der Waals surface area contributed by atoms with Gasteiger partial charge in [-0.05, 0) is 30.0 Å². The van der Waals surface area contributed by atoms with Crippen LogP contribution >= 0.6 is 0 Å². The van der Waals surface area contributed by atoms with Gasteiger partial charge in [-0.2, -0.15) is 0 Å². The molecule has 2 aromatic rings. The quantitative estimate of drug-likeness (QED) is 0.654. The molecule has 0 aliphatic carbocycles. The Morgan fingerprint density at radius 1 is 1.25 bits per heavy atom. The van der Waals surface area contributed by atoms with E-state index < -0.39 is 0 Å². The Morgan fingerprint density at radius 2 is 2.17 bits per heavy atom. The zero-order chi connectivity index (χ0) is 8.39. The van der Waals surface area contributed by atoms with Crippen molar-refractivity contribution in [2.45, 2.75) is 6.92 Å². The van der Waals surface area contributed by atoms with Crippen LogP contribution in [0.2, 0.25) is 0 Å². The lowest BCUT2D eigenvalue weighted by molar-refractivity contribution is 1.47. The molecule has 0 spiro atoms. The molecular formula is C11H11N. The van der Waals surface area contributed by atoms with Gasteiger partial charge in [0.05, 0.1) is 0 Å². The number of fused-ring (bicyclic) bond motifs is 1. The van der Waals surface area contributed by atoms with E-state index in [1.165, 1.54) is 16.5 Å². The van der Waals surface area contributed by atoms with Gasteiger partial charge in [-0.25, -0.2) is 0 Å². The Hall–Kier alpha value is -1.50. The van der Waals surface area contributed by atoms with Gasteiger partial charge in [-0.3, -0.25) is 0 Å². The van der Waals surface area contributed by atoms with Gasteiger partial charge in [0.2, 0.25) is 0 Å². The van der Waals surface area contributed by atoms with Crippen LogP contribution in [0.3, 0.4) is 0 Å². The first-order valence-electron chi connectivity index (χ1n) is 4.10. The van der Waals surface area contributed by atoms with Crippen molar-refractivity contribution in [3.8, 4) is 0 Å². The summed E-state index contributed by atoms with van der Waals surface area (Å²) in [5.74, 6) is 0. The summed E-state index contributed by atoms with van der Waals surface area (Å²) in [6, 6.07) is 8.47. The van der Waals surface area contributed by atoms with Gasteiger partial charge in [0.1, 0.15) is 0 Å². The second-order valence-corrected chi connectivity index (χ2v) is 2.82. The molecule has 1 N–H and O–H groups in total. The van der Waals surface area contributed by atoms with E-state index in [-0.39, 0.29) is 0 Å². The number of hydrogen-bond donors (Lipinski definition) is 1. The average molecular weight is 157 g/mol. The number of hydrogen-bond acceptors (Lipinski definition) is 0. The normalized spacial score (nSPS) is 11.4. The van der Waals surface area contributed by atoms with Gasteiger partial charge in [-0.1, -0.05) is 24.3 Å². The second-order valence-electron chi connectivity index (χ2n) is 2.82. The van der Waals surface area contributed by atoms with Crippen molar-refractivity contribution in [2.75, 3.05) is 0 Å². The highest BCUT2D eigenvalue weighted by molar-refractivity contribution is 5.81. The zero-order valence-electron chi connectivity index (χ0n) is 7.04. The lowest BCUT2D eigenvalue weighted by atomic mass is 10.1. The van der Waals surface area contributed by atoms with Crippen LogP contribution in [0.25, 0.3) is 17.0 Å². The monoisotopic (exact) mass is 157 g/mol. The molecule has 0 aliphatic rings. The first-order valence-corrected chi connectivity index (χ1v) is 4.10. The minimum Gasteiger partial charge on any atom is -0.361 e. The smallest absolute Gasteiger partial charge is 0.0459 e. The molecule has 12 heavy (non-hydrogen) atoms. The molecule has 0 aliphatic heterocycles. The fourth-order valence-corrected chi connectivity index (χ4v) is 1.36. The third-order valence-corrected chi connectivity index (χ3v) is 1.94. The molecule has 1 aromatic heterocycles. The first kappa shape index (κ1) is 7.17. The third kappa shape index (κ3) is 1.14. The predicted octanol–water partition coefficient (Wildman–Crippen LogP) is 3.20. The van der Waals surface area contributed by atoms with Gasteiger partial charge in [0.15, 0.2) is 0 Å². The molecule has 0 saturated carbocycles. The fraction of sp³-hybridized carbons (Fsp3) is 0.0909. The molecule has 60 valence electrons. The predicted molar refractivity (Wildman–Crippen MR) is 53.0 cm³/mol. The van der Waals surface area contributed by atoms with Crippen molar-refractivity contribution in [1.82, 2.24) is 4.98 Å². The van der Waals surface area contributed by atoms with Crippen molar-refractivity contribution >= 4 is 17.0 Å². The molecule has 0 bridgehead atoms. The number of H-pyrrole nitrogens is 1. The molecule has 0 atom stereocenters. The van der Waals surface area contributed by atoms with E-state index in [2.05, 4.69) is 35.3 Å². The Labute approximate surface area is 71.7 Å². The topological polar surface area (TPSA) is 15.8 Å². The summed E-state index contributed by atoms with van der Waals surface area (Å²) in [5.41, 5.74) is 2.44. The molecule has 0 radical (unpaired) electrons. The number of allylic oxidation sites excluding steroid dienone is 1. The average Bonchev–Trinajstić information content (AvgIpc) is 2.51. The molecule has 0 unspecified atom stereocenters. The highest BCUT2D eigenvalue weighted by atomic mass is 14.7. The minimum atomic E-state index is 1.20. The summed E-state index contributed by atoms with van der Waals surface area (Å²) in [6.07, 6.45) is 6.11. The molecule has 1 nitrogen and oxygen atoms in total. The van der Waals surface area contributed by atoms with Crippen LogP contribution in [0.4, 0.5) is 0 Å². The maximum Gasteiger partial charge on any atom is 0.0459 e. The van der Waals surface area contributed by atoms with Crippen LogP contribution in [-0.4, -0.2) is 4.98 Å². The molecule has 0 amide bonds. The maximum atomic E-state index is 3.18. The molecule has 1 heterocycles. The second kappa shape index (κ2) is 2.86. The number of aromatic nitrogens is 1. The van der Waals surface area contributed by atoms with Crippen LogP contribution in [0.5, 0.6) is 0 Å². The molecule has 0 saturated heterocycles. The number of benzene rings is 1. The first-order chi connectivity index (χ1) is 5.90. The van der Waals surface area contributed by atoms with Crippen molar-refractivity contribution < 1.29 is 0 Å². The highest BCUT2D eigenvalue weighted by Crippen LogP contribution is 2.14. The van der Waals surface area contributed by atoms with Gasteiger partial charge in [0, 0.05) is 11.7 Å². The van der Waals surface area contributed by atoms with E-state index in [0.717, 1.165) is 0 Å². The molecule has 0 fully saturated rings. The van der Waals surface area contributed by atoms with Crippen LogP contribution in [-0.2, 0) is 0 Å². The largest absolute Gasteiger partial charge is 0.361 e. The van der Waals surface area contributed by atoms with E-state index in [1.807, 2.05) is 19.2 Å². The Balaban J connectivity index is 2.60. The minimum absolute atomic E-state index is 1.20. The summed E-state index contributed by atoms with van der Waals surface area (Å²) in [5, 5.41) is 1.27. The number of nitrogens with one attached hydrogen (secondary N) is 1. The number of aromatic amines is 1. The Morgan fingerprint density at radius 3 is 3.00 bits per heavy atom. The SMILES string of the molecule is CC=Cc1ccc2cc[nH]c2c1. The van der Waals surface area contributed by atoms with E-state index in [1.54, 1.807) is 0 Å². The molecule has 2 rings (SSSR count). The number of rotatable bonds is 1. The van der Waals surface area contributed by atoms with Crippen LogP contribution in [0.15, 0.2) is 36.5 Å². The van der Waals surface area contributed by atoms with Gasteiger partial charge in [-0.15, -0.1) is 0 Å². The molecule has 1 aromatic carbocycles. The van der Waals surface area contributed by atoms with Crippen LogP contribution in [0, 0.1) is 0 Å². The maximum absolute atomic E-state index is 3.18. The Kier molecular flexibility index (Phi) is 1.71. The van der Waals surface area contributed by atoms with Crippen LogP contribution in [0.1, 0.15) is 12.5 Å². The fourth-order valence-electron chi connectivity index (χ4n) is 1.36. The van der Waals surface area contributed by atoms with Gasteiger partial charge < -0.3 is 4.98 Å². The summed E-state index contributed by atoms with van der Waals surface area (Å²) in [4.78, 5) is 3.18. The highest BCUT2D eigenvalue weighted by Gasteiger charge is 1.92. The lowest BCUT2D eigenvalue weighted by Crippen LogP contribution is -1.71. The summed E-state index contributed by atoms with van der Waals surface area (Å²) >= 11 is 0. The van der Waals surface area contributed by atoms with Crippen molar-refractivity contribution in [3.63, 3.8) is 0 Å². The molecule has 1 heteroatoms. The summed E-state index contributed by atoms with van der Waals surface area (Å²) < 4.78 is 0.